The molecule has 1 fully saturated rings. The van der Waals surface area contributed by atoms with Crippen molar-refractivity contribution >= 4 is 17.2 Å². The third kappa shape index (κ3) is 4.30. The number of ether oxygens (including phenoxy) is 2. The van der Waals surface area contributed by atoms with Crippen LogP contribution in [0.4, 0.5) is 0 Å². The molecule has 1 amide bonds. The molecule has 3 rings (SSSR count). The van der Waals surface area contributed by atoms with Gasteiger partial charge in [-0.1, -0.05) is 12.1 Å². The molecular formula is C17H20N2O3S. The molecule has 0 unspecified atom stereocenters. The molecule has 5 nitrogen and oxygen atoms in total. The predicted molar refractivity (Wildman–Crippen MR) is 90.0 cm³/mol. The van der Waals surface area contributed by atoms with Crippen LogP contribution >= 0.6 is 11.3 Å². The number of hydrogen-bond acceptors (Lipinski definition) is 5. The van der Waals surface area contributed by atoms with Crippen molar-refractivity contribution in [3.8, 4) is 16.3 Å². The Kier molecular flexibility index (Phi) is 5.25. The molecule has 0 radical (unpaired) electrons. The summed E-state index contributed by atoms with van der Waals surface area (Å²) < 4.78 is 10.7. The Balaban J connectivity index is 1.70. The Morgan fingerprint density at radius 3 is 2.96 bits per heavy atom. The number of para-hydroxylation sites is 1. The van der Waals surface area contributed by atoms with Gasteiger partial charge < -0.3 is 14.8 Å². The Morgan fingerprint density at radius 1 is 1.35 bits per heavy atom. The van der Waals surface area contributed by atoms with Gasteiger partial charge in [0.25, 0.3) is 5.91 Å². The van der Waals surface area contributed by atoms with Gasteiger partial charge in [-0.05, 0) is 30.9 Å². The van der Waals surface area contributed by atoms with Gasteiger partial charge in [-0.25, -0.2) is 4.98 Å². The zero-order valence-electron chi connectivity index (χ0n) is 13.1. The van der Waals surface area contributed by atoms with Crippen LogP contribution in [-0.4, -0.2) is 37.8 Å². The van der Waals surface area contributed by atoms with Crippen LogP contribution in [0.25, 0.3) is 10.6 Å². The fourth-order valence-corrected chi connectivity index (χ4v) is 2.99. The number of rotatable bonds is 8. The Labute approximate surface area is 139 Å². The third-order valence-corrected chi connectivity index (χ3v) is 4.52. The molecule has 1 aliphatic rings. The molecule has 1 aliphatic carbocycles. The van der Waals surface area contributed by atoms with E-state index in [1.54, 1.807) is 12.5 Å². The van der Waals surface area contributed by atoms with Gasteiger partial charge in [0.2, 0.25) is 0 Å². The lowest BCUT2D eigenvalue weighted by Gasteiger charge is -2.09. The maximum atomic E-state index is 12.1. The molecule has 0 spiro atoms. The van der Waals surface area contributed by atoms with Crippen LogP contribution in [0, 0.1) is 5.92 Å². The quantitative estimate of drug-likeness (QED) is 0.755. The van der Waals surface area contributed by atoms with Gasteiger partial charge in [0, 0.05) is 19.0 Å². The third-order valence-electron chi connectivity index (χ3n) is 3.65. The van der Waals surface area contributed by atoms with Crippen molar-refractivity contribution in [3.63, 3.8) is 0 Å². The molecule has 0 aliphatic heterocycles. The standard InChI is InChI=1S/C17H20N2O3S/c1-21-8-9-22-15-5-3-2-4-13(15)17-19-14(11-23-17)16(20)18-10-12-6-7-12/h2-5,11-12H,6-10H2,1H3,(H,18,20). The molecule has 1 aromatic heterocycles. The summed E-state index contributed by atoms with van der Waals surface area (Å²) in [7, 11) is 1.64. The van der Waals surface area contributed by atoms with Gasteiger partial charge in [0.1, 0.15) is 23.1 Å². The number of carbonyl (C=O) groups excluding carboxylic acids is 1. The van der Waals surface area contributed by atoms with E-state index < -0.39 is 0 Å². The fraction of sp³-hybridized carbons (Fsp3) is 0.412. The zero-order chi connectivity index (χ0) is 16.1. The molecule has 1 saturated carbocycles. The highest BCUT2D eigenvalue weighted by molar-refractivity contribution is 7.13. The topological polar surface area (TPSA) is 60.5 Å². The van der Waals surface area contributed by atoms with E-state index in [0.717, 1.165) is 22.9 Å². The Morgan fingerprint density at radius 2 is 2.17 bits per heavy atom. The number of methoxy groups -OCH3 is 1. The fourth-order valence-electron chi connectivity index (χ4n) is 2.16. The number of carbonyl (C=O) groups is 1. The minimum atomic E-state index is -0.0998. The second kappa shape index (κ2) is 7.57. The molecule has 0 saturated heterocycles. The first-order chi connectivity index (χ1) is 11.3. The van der Waals surface area contributed by atoms with Gasteiger partial charge in [0.05, 0.1) is 12.2 Å². The molecule has 122 valence electrons. The van der Waals surface area contributed by atoms with Crippen LogP contribution in [0.1, 0.15) is 23.3 Å². The molecular weight excluding hydrogens is 312 g/mol. The lowest BCUT2D eigenvalue weighted by atomic mass is 10.2. The minimum Gasteiger partial charge on any atom is -0.490 e. The maximum absolute atomic E-state index is 12.1. The van der Waals surface area contributed by atoms with Gasteiger partial charge in [-0.3, -0.25) is 4.79 Å². The number of thiazole rings is 1. The van der Waals surface area contributed by atoms with Crippen LogP contribution in [0.15, 0.2) is 29.6 Å². The lowest BCUT2D eigenvalue weighted by molar-refractivity contribution is 0.0947. The van der Waals surface area contributed by atoms with Crippen molar-refractivity contribution in [3.05, 3.63) is 35.3 Å². The van der Waals surface area contributed by atoms with E-state index in [4.69, 9.17) is 9.47 Å². The molecule has 1 N–H and O–H groups in total. The second-order valence-corrected chi connectivity index (χ2v) is 6.39. The summed E-state index contributed by atoms with van der Waals surface area (Å²) in [6, 6.07) is 7.71. The van der Waals surface area contributed by atoms with Gasteiger partial charge in [-0.2, -0.15) is 0 Å². The molecule has 6 heteroatoms. The summed E-state index contributed by atoms with van der Waals surface area (Å²) in [5.74, 6) is 1.31. The number of hydrogen-bond donors (Lipinski definition) is 1. The lowest BCUT2D eigenvalue weighted by Crippen LogP contribution is -2.25. The number of nitrogens with one attached hydrogen (secondary N) is 1. The van der Waals surface area contributed by atoms with Crippen LogP contribution in [0.3, 0.4) is 0 Å². The Bertz CT molecular complexity index is 667. The van der Waals surface area contributed by atoms with Gasteiger partial charge in [-0.15, -0.1) is 11.3 Å². The first-order valence-electron chi connectivity index (χ1n) is 7.73. The second-order valence-electron chi connectivity index (χ2n) is 5.53. The van der Waals surface area contributed by atoms with Crippen LogP contribution in [-0.2, 0) is 4.74 Å². The summed E-state index contributed by atoms with van der Waals surface area (Å²) in [5.41, 5.74) is 1.37. The van der Waals surface area contributed by atoms with E-state index in [-0.39, 0.29) is 5.91 Å². The Hall–Kier alpha value is -1.92. The average molecular weight is 332 g/mol. The largest absolute Gasteiger partial charge is 0.490 e. The molecule has 2 aromatic rings. The summed E-state index contributed by atoms with van der Waals surface area (Å²) in [6.45, 7) is 1.76. The highest BCUT2D eigenvalue weighted by Crippen LogP contribution is 2.32. The predicted octanol–water partition coefficient (Wildman–Crippen LogP) is 2.98. The van der Waals surface area contributed by atoms with E-state index in [1.807, 2.05) is 24.3 Å². The highest BCUT2D eigenvalue weighted by atomic mass is 32.1. The van der Waals surface area contributed by atoms with Crippen molar-refractivity contribution in [2.75, 3.05) is 26.9 Å². The van der Waals surface area contributed by atoms with Crippen molar-refractivity contribution in [1.82, 2.24) is 10.3 Å². The van der Waals surface area contributed by atoms with E-state index in [9.17, 15) is 4.79 Å². The van der Waals surface area contributed by atoms with Crippen molar-refractivity contribution in [2.45, 2.75) is 12.8 Å². The summed E-state index contributed by atoms with van der Waals surface area (Å²) in [4.78, 5) is 16.6. The smallest absolute Gasteiger partial charge is 0.270 e. The number of aromatic nitrogens is 1. The summed E-state index contributed by atoms with van der Waals surface area (Å²) in [5, 5.41) is 5.52. The molecule has 1 heterocycles. The van der Waals surface area contributed by atoms with Crippen LogP contribution in [0.2, 0.25) is 0 Å². The number of amides is 1. The number of benzene rings is 1. The first-order valence-corrected chi connectivity index (χ1v) is 8.60. The van der Waals surface area contributed by atoms with E-state index in [1.165, 1.54) is 24.2 Å². The normalized spacial score (nSPS) is 13.8. The van der Waals surface area contributed by atoms with Crippen molar-refractivity contribution in [2.24, 2.45) is 5.92 Å². The van der Waals surface area contributed by atoms with Gasteiger partial charge in [0.15, 0.2) is 0 Å². The minimum absolute atomic E-state index is 0.0998. The van der Waals surface area contributed by atoms with Crippen LogP contribution in [0.5, 0.6) is 5.75 Å². The maximum Gasteiger partial charge on any atom is 0.270 e. The zero-order valence-corrected chi connectivity index (χ0v) is 13.9. The van der Waals surface area contributed by atoms with Gasteiger partial charge >= 0.3 is 0 Å². The van der Waals surface area contributed by atoms with Crippen molar-refractivity contribution in [1.29, 1.82) is 0 Å². The van der Waals surface area contributed by atoms with Crippen molar-refractivity contribution < 1.29 is 14.3 Å². The molecule has 0 atom stereocenters. The SMILES string of the molecule is COCCOc1ccccc1-c1nc(C(=O)NCC2CC2)cs1. The first kappa shape index (κ1) is 16.0. The molecule has 23 heavy (non-hydrogen) atoms. The van der Waals surface area contributed by atoms with E-state index >= 15 is 0 Å². The van der Waals surface area contributed by atoms with E-state index in [0.29, 0.717) is 24.8 Å². The average Bonchev–Trinajstić information content (AvgIpc) is 3.28. The van der Waals surface area contributed by atoms with Crippen LogP contribution < -0.4 is 10.1 Å². The molecule has 0 bridgehead atoms. The highest BCUT2D eigenvalue weighted by Gasteiger charge is 2.22. The number of nitrogens with zero attached hydrogens (tertiary/aromatic N) is 1. The molecule has 1 aromatic carbocycles. The van der Waals surface area contributed by atoms with E-state index in [2.05, 4.69) is 10.3 Å². The monoisotopic (exact) mass is 332 g/mol. The summed E-state index contributed by atoms with van der Waals surface area (Å²) >= 11 is 1.45. The summed E-state index contributed by atoms with van der Waals surface area (Å²) in [6.07, 6.45) is 2.43.